The predicted molar refractivity (Wildman–Crippen MR) is 344 cm³/mol. The van der Waals surface area contributed by atoms with Crippen molar-refractivity contribution in [2.24, 2.45) is 0 Å². The molecule has 0 aliphatic carbocycles. The van der Waals surface area contributed by atoms with Crippen molar-refractivity contribution < 1.29 is 28.6 Å². The standard InChI is InChI=1S/C73H126O6/c1-4-7-10-13-16-19-22-25-26-27-28-29-30-31-32-33-34-35-36-37-38-39-40-41-42-43-44-45-46-49-51-54-57-60-63-66-72(75)78-69-70(79-73(76)67-64-61-58-55-52-48-24-21-18-15-12-9-6-3)68-77-71(74)65-62-59-56-53-50-47-23-20-17-14-11-8-5-2/h8-9,11-12,17-18,20-21,27-28,47-48,50,52,58,61,70H,4-7,10,13-16,19,22-26,29-46,49,51,53-57,59-60,62-69H2,1-3H3/b11-8-,12-9-,20-17-,21-18-,28-27-,50-47-,52-48-,61-58-. The van der Waals surface area contributed by atoms with Crippen molar-refractivity contribution in [2.45, 2.75) is 335 Å². The first kappa shape index (κ1) is 75.3. The summed E-state index contributed by atoms with van der Waals surface area (Å²) in [6, 6.07) is 0. The van der Waals surface area contributed by atoms with Gasteiger partial charge in [0.25, 0.3) is 0 Å². The van der Waals surface area contributed by atoms with E-state index in [1.807, 2.05) is 12.2 Å². The number of ether oxygens (including phenoxy) is 3. The van der Waals surface area contributed by atoms with Crippen molar-refractivity contribution >= 4 is 17.9 Å². The van der Waals surface area contributed by atoms with Gasteiger partial charge in [0, 0.05) is 19.3 Å². The van der Waals surface area contributed by atoms with Crippen LogP contribution in [0.1, 0.15) is 329 Å². The van der Waals surface area contributed by atoms with Gasteiger partial charge in [-0.2, -0.15) is 0 Å². The van der Waals surface area contributed by atoms with Crippen molar-refractivity contribution in [3.63, 3.8) is 0 Å². The molecule has 0 saturated carbocycles. The molecule has 0 aromatic rings. The molecule has 0 N–H and O–H groups in total. The highest BCUT2D eigenvalue weighted by molar-refractivity contribution is 5.71. The summed E-state index contributed by atoms with van der Waals surface area (Å²) in [4.78, 5) is 38.1. The van der Waals surface area contributed by atoms with Crippen LogP contribution in [0.5, 0.6) is 0 Å². The Bertz CT molecular complexity index is 1540. The van der Waals surface area contributed by atoms with Gasteiger partial charge in [-0.3, -0.25) is 14.4 Å². The highest BCUT2D eigenvalue weighted by Gasteiger charge is 2.19. The second-order valence-corrected chi connectivity index (χ2v) is 22.3. The number of unbranched alkanes of at least 4 members (excludes halogenated alkanes) is 34. The summed E-state index contributed by atoms with van der Waals surface area (Å²) in [5.74, 6) is -1.02. The van der Waals surface area contributed by atoms with E-state index in [0.717, 1.165) is 89.9 Å². The van der Waals surface area contributed by atoms with E-state index >= 15 is 0 Å². The quantitative estimate of drug-likeness (QED) is 0.0261. The minimum Gasteiger partial charge on any atom is -0.462 e. The van der Waals surface area contributed by atoms with Gasteiger partial charge >= 0.3 is 17.9 Å². The topological polar surface area (TPSA) is 78.9 Å². The number of hydrogen-bond acceptors (Lipinski definition) is 6. The molecule has 0 radical (unpaired) electrons. The molecule has 6 nitrogen and oxygen atoms in total. The van der Waals surface area contributed by atoms with Gasteiger partial charge in [0.15, 0.2) is 6.10 Å². The molecule has 0 bridgehead atoms. The first-order valence-corrected chi connectivity index (χ1v) is 33.7. The second kappa shape index (κ2) is 66.8. The highest BCUT2D eigenvalue weighted by atomic mass is 16.6. The molecule has 0 fully saturated rings. The van der Waals surface area contributed by atoms with Gasteiger partial charge in [-0.1, -0.05) is 304 Å². The number of rotatable bonds is 61. The van der Waals surface area contributed by atoms with Gasteiger partial charge < -0.3 is 14.2 Å². The number of esters is 3. The Hall–Kier alpha value is -3.67. The minimum atomic E-state index is -0.827. The zero-order chi connectivity index (χ0) is 57.1. The summed E-state index contributed by atoms with van der Waals surface area (Å²) in [6.45, 7) is 6.34. The van der Waals surface area contributed by atoms with Gasteiger partial charge in [0.05, 0.1) is 0 Å². The van der Waals surface area contributed by atoms with E-state index in [1.54, 1.807) is 0 Å². The molecular weight excluding hydrogens is 973 g/mol. The van der Waals surface area contributed by atoms with E-state index in [4.69, 9.17) is 14.2 Å². The Morgan fingerprint density at radius 3 is 0.848 bits per heavy atom. The Morgan fingerprint density at radius 2 is 0.519 bits per heavy atom. The molecule has 0 aromatic carbocycles. The molecule has 0 spiro atoms. The molecular formula is C73H126O6. The Labute approximate surface area is 489 Å². The van der Waals surface area contributed by atoms with Crippen LogP contribution >= 0.6 is 0 Å². The number of hydrogen-bond donors (Lipinski definition) is 0. The molecule has 0 rings (SSSR count). The summed E-state index contributed by atoms with van der Waals surface area (Å²) < 4.78 is 16.8. The molecule has 0 aliphatic heterocycles. The SMILES string of the molecule is CC/C=C\C/C=C\C/C=C\C/C=C\CCC(=O)OC(COC(=O)CCCCC/C=C\C/C=C\C/C=C\CC)COC(=O)CCCCCCCCCCCCCCCCCCCCCCCCC/C=C\CCCCCCCCCC. The molecule has 0 aromatic heterocycles. The summed E-state index contributed by atoms with van der Waals surface area (Å²) in [7, 11) is 0. The fraction of sp³-hybridized carbons (Fsp3) is 0.740. The monoisotopic (exact) mass is 1100 g/mol. The third-order valence-electron chi connectivity index (χ3n) is 14.6. The zero-order valence-electron chi connectivity index (χ0n) is 52.1. The van der Waals surface area contributed by atoms with Gasteiger partial charge in [0.2, 0.25) is 0 Å². The lowest BCUT2D eigenvalue weighted by Crippen LogP contribution is -2.30. The van der Waals surface area contributed by atoms with Crippen molar-refractivity contribution in [1.29, 1.82) is 0 Å². The van der Waals surface area contributed by atoms with Crippen molar-refractivity contribution in [2.75, 3.05) is 13.2 Å². The van der Waals surface area contributed by atoms with Gasteiger partial charge in [-0.05, 0) is 103 Å². The third-order valence-corrected chi connectivity index (χ3v) is 14.6. The van der Waals surface area contributed by atoms with Gasteiger partial charge in [-0.15, -0.1) is 0 Å². The third kappa shape index (κ3) is 65.0. The van der Waals surface area contributed by atoms with Crippen LogP contribution in [0.3, 0.4) is 0 Å². The highest BCUT2D eigenvalue weighted by Crippen LogP contribution is 2.17. The van der Waals surface area contributed by atoms with Crippen LogP contribution < -0.4 is 0 Å². The number of allylic oxidation sites excluding steroid dienone is 16. The number of carbonyl (C=O) groups excluding carboxylic acids is 3. The Kier molecular flexibility index (Phi) is 63.7. The largest absolute Gasteiger partial charge is 0.462 e. The minimum absolute atomic E-state index is 0.114. The van der Waals surface area contributed by atoms with Crippen LogP contribution in [0.2, 0.25) is 0 Å². The van der Waals surface area contributed by atoms with E-state index < -0.39 is 12.1 Å². The van der Waals surface area contributed by atoms with Crippen LogP contribution in [-0.4, -0.2) is 37.2 Å². The molecule has 0 heterocycles. The molecule has 6 heteroatoms. The Morgan fingerprint density at radius 1 is 0.266 bits per heavy atom. The van der Waals surface area contributed by atoms with E-state index in [1.165, 1.54) is 193 Å². The molecule has 0 saturated heterocycles. The van der Waals surface area contributed by atoms with Crippen molar-refractivity contribution in [3.8, 4) is 0 Å². The molecule has 0 amide bonds. The number of carbonyl (C=O) groups is 3. The summed E-state index contributed by atoms with van der Waals surface area (Å²) in [5.41, 5.74) is 0. The first-order valence-electron chi connectivity index (χ1n) is 33.7. The van der Waals surface area contributed by atoms with E-state index in [0.29, 0.717) is 19.3 Å². The normalized spacial score (nSPS) is 12.7. The second-order valence-electron chi connectivity index (χ2n) is 22.3. The average molecular weight is 1100 g/mol. The molecule has 454 valence electrons. The maximum atomic E-state index is 12.8. The molecule has 0 aliphatic rings. The summed E-state index contributed by atoms with van der Waals surface area (Å²) in [6.07, 6.45) is 90.6. The summed E-state index contributed by atoms with van der Waals surface area (Å²) >= 11 is 0. The van der Waals surface area contributed by atoms with E-state index in [-0.39, 0.29) is 31.6 Å². The fourth-order valence-corrected chi connectivity index (χ4v) is 9.59. The van der Waals surface area contributed by atoms with E-state index in [9.17, 15) is 14.4 Å². The van der Waals surface area contributed by atoms with Gasteiger partial charge in [-0.25, -0.2) is 0 Å². The molecule has 1 unspecified atom stereocenters. The van der Waals surface area contributed by atoms with Crippen LogP contribution in [0.25, 0.3) is 0 Å². The van der Waals surface area contributed by atoms with Crippen LogP contribution in [0.4, 0.5) is 0 Å². The van der Waals surface area contributed by atoms with Crippen molar-refractivity contribution in [1.82, 2.24) is 0 Å². The fourth-order valence-electron chi connectivity index (χ4n) is 9.59. The maximum absolute atomic E-state index is 12.8. The smallest absolute Gasteiger partial charge is 0.306 e. The Balaban J connectivity index is 4.08. The molecule has 1 atom stereocenters. The average Bonchev–Trinajstić information content (AvgIpc) is 3.45. The van der Waals surface area contributed by atoms with Gasteiger partial charge in [0.1, 0.15) is 13.2 Å². The lowest BCUT2D eigenvalue weighted by Gasteiger charge is -2.18. The van der Waals surface area contributed by atoms with E-state index in [2.05, 4.69) is 106 Å². The lowest BCUT2D eigenvalue weighted by atomic mass is 10.0. The zero-order valence-corrected chi connectivity index (χ0v) is 52.1. The summed E-state index contributed by atoms with van der Waals surface area (Å²) in [5, 5.41) is 0. The molecule has 79 heavy (non-hydrogen) atoms. The first-order chi connectivity index (χ1) is 39.0. The van der Waals surface area contributed by atoms with Crippen LogP contribution in [0, 0.1) is 0 Å². The predicted octanol–water partition coefficient (Wildman–Crippen LogP) is 23.2. The maximum Gasteiger partial charge on any atom is 0.306 e. The van der Waals surface area contributed by atoms with Crippen LogP contribution in [0.15, 0.2) is 97.2 Å². The lowest BCUT2D eigenvalue weighted by molar-refractivity contribution is -0.166. The van der Waals surface area contributed by atoms with Crippen LogP contribution in [-0.2, 0) is 28.6 Å². The van der Waals surface area contributed by atoms with Crippen molar-refractivity contribution in [3.05, 3.63) is 97.2 Å².